The second-order valence-corrected chi connectivity index (χ2v) is 6.39. The summed E-state index contributed by atoms with van der Waals surface area (Å²) in [6.07, 6.45) is 8.02. The minimum Gasteiger partial charge on any atom is -0.370 e. The number of nitrogens with zero attached hydrogens (tertiary/aromatic N) is 2. The van der Waals surface area contributed by atoms with Gasteiger partial charge in [0, 0.05) is 19.6 Å². The Hall–Kier alpha value is -0.730. The zero-order chi connectivity index (χ0) is 13.0. The van der Waals surface area contributed by atoms with Crippen LogP contribution in [0.2, 0.25) is 0 Å². The maximum atomic E-state index is 6.13. The lowest BCUT2D eigenvalue weighted by Gasteiger charge is -2.32. The third-order valence-corrected chi connectivity index (χ3v) is 4.88. The van der Waals surface area contributed by atoms with Gasteiger partial charge in [-0.05, 0) is 37.0 Å². The summed E-state index contributed by atoms with van der Waals surface area (Å²) in [6, 6.07) is 0. The summed E-state index contributed by atoms with van der Waals surface area (Å²) < 4.78 is 0. The third kappa shape index (κ3) is 3.63. The highest BCUT2D eigenvalue weighted by Gasteiger charge is 2.22. The van der Waals surface area contributed by atoms with Crippen molar-refractivity contribution in [2.45, 2.75) is 52.4 Å². The molecule has 0 bridgehead atoms. The molecule has 2 fully saturated rings. The summed E-state index contributed by atoms with van der Waals surface area (Å²) in [5.74, 6) is 3.24. The van der Waals surface area contributed by atoms with Gasteiger partial charge in [0.15, 0.2) is 5.96 Å². The molecule has 2 unspecified atom stereocenters. The molecule has 2 atom stereocenters. The third-order valence-electron chi connectivity index (χ3n) is 4.88. The van der Waals surface area contributed by atoms with Crippen LogP contribution in [0.15, 0.2) is 4.99 Å². The molecule has 0 aromatic heterocycles. The quantitative estimate of drug-likeness (QED) is 0.605. The Morgan fingerprint density at radius 1 is 1.11 bits per heavy atom. The van der Waals surface area contributed by atoms with E-state index in [9.17, 15) is 0 Å². The lowest BCUT2D eigenvalue weighted by Crippen LogP contribution is -2.42. The van der Waals surface area contributed by atoms with Crippen molar-refractivity contribution in [1.82, 2.24) is 4.90 Å². The van der Waals surface area contributed by atoms with Crippen LogP contribution in [0.4, 0.5) is 0 Å². The van der Waals surface area contributed by atoms with Crippen molar-refractivity contribution in [3.05, 3.63) is 0 Å². The van der Waals surface area contributed by atoms with Crippen molar-refractivity contribution in [2.75, 3.05) is 19.6 Å². The van der Waals surface area contributed by atoms with E-state index in [1.54, 1.807) is 0 Å². The van der Waals surface area contributed by atoms with Gasteiger partial charge in [-0.15, -0.1) is 0 Å². The molecule has 0 spiro atoms. The van der Waals surface area contributed by atoms with E-state index in [1.807, 2.05) is 0 Å². The van der Waals surface area contributed by atoms with E-state index in [0.717, 1.165) is 43.3 Å². The second-order valence-electron chi connectivity index (χ2n) is 6.39. The lowest BCUT2D eigenvalue weighted by atomic mass is 9.80. The number of aliphatic imine (C=N–C) groups is 1. The molecule has 3 nitrogen and oxygen atoms in total. The van der Waals surface area contributed by atoms with Crippen LogP contribution in [0.25, 0.3) is 0 Å². The van der Waals surface area contributed by atoms with Gasteiger partial charge in [-0.25, -0.2) is 0 Å². The van der Waals surface area contributed by atoms with Crippen LogP contribution in [0.5, 0.6) is 0 Å². The smallest absolute Gasteiger partial charge is 0.191 e. The van der Waals surface area contributed by atoms with Crippen molar-refractivity contribution >= 4 is 5.96 Å². The van der Waals surface area contributed by atoms with Gasteiger partial charge in [0.05, 0.1) is 0 Å². The van der Waals surface area contributed by atoms with E-state index in [0.29, 0.717) is 0 Å². The standard InChI is InChI=1S/C15H29N3/c1-12-7-9-18(10-8-12)15(16)17-11-14-6-4-3-5-13(14)2/h12-14H,3-11H2,1-2H3,(H2,16,17). The van der Waals surface area contributed by atoms with Gasteiger partial charge >= 0.3 is 0 Å². The van der Waals surface area contributed by atoms with Gasteiger partial charge in [0.25, 0.3) is 0 Å². The van der Waals surface area contributed by atoms with Gasteiger partial charge in [-0.2, -0.15) is 0 Å². The van der Waals surface area contributed by atoms with Crippen LogP contribution in [-0.4, -0.2) is 30.5 Å². The maximum absolute atomic E-state index is 6.13. The topological polar surface area (TPSA) is 41.6 Å². The Morgan fingerprint density at radius 3 is 2.44 bits per heavy atom. The Kier molecular flexibility index (Phi) is 4.90. The minimum absolute atomic E-state index is 0.765. The molecule has 0 aromatic rings. The maximum Gasteiger partial charge on any atom is 0.191 e. The summed E-state index contributed by atoms with van der Waals surface area (Å²) >= 11 is 0. The largest absolute Gasteiger partial charge is 0.370 e. The van der Waals surface area contributed by atoms with Crippen LogP contribution in [0.1, 0.15) is 52.4 Å². The van der Waals surface area contributed by atoms with Crippen molar-refractivity contribution in [2.24, 2.45) is 28.5 Å². The zero-order valence-electron chi connectivity index (χ0n) is 12.1. The van der Waals surface area contributed by atoms with Gasteiger partial charge < -0.3 is 10.6 Å². The fourth-order valence-electron chi connectivity index (χ4n) is 3.21. The highest BCUT2D eigenvalue weighted by molar-refractivity contribution is 5.78. The van der Waals surface area contributed by atoms with Crippen LogP contribution >= 0.6 is 0 Å². The molecule has 0 amide bonds. The van der Waals surface area contributed by atoms with E-state index >= 15 is 0 Å². The Labute approximate surface area is 112 Å². The molecular formula is C15H29N3. The minimum atomic E-state index is 0.765. The molecule has 1 saturated carbocycles. The van der Waals surface area contributed by atoms with Gasteiger partial charge in [0.2, 0.25) is 0 Å². The van der Waals surface area contributed by atoms with Crippen LogP contribution in [0.3, 0.4) is 0 Å². The normalized spacial score (nSPS) is 31.7. The van der Waals surface area contributed by atoms with E-state index in [4.69, 9.17) is 5.73 Å². The monoisotopic (exact) mass is 251 g/mol. The van der Waals surface area contributed by atoms with Crippen molar-refractivity contribution in [3.63, 3.8) is 0 Å². The second kappa shape index (κ2) is 6.44. The number of rotatable bonds is 2. The molecule has 1 aliphatic heterocycles. The summed E-state index contributed by atoms with van der Waals surface area (Å²) in [6.45, 7) is 7.83. The molecule has 2 aliphatic rings. The number of likely N-dealkylation sites (tertiary alicyclic amines) is 1. The molecule has 2 N–H and O–H groups in total. The van der Waals surface area contributed by atoms with E-state index < -0.39 is 0 Å². The highest BCUT2D eigenvalue weighted by Crippen LogP contribution is 2.29. The van der Waals surface area contributed by atoms with Crippen molar-refractivity contribution in [1.29, 1.82) is 0 Å². The van der Waals surface area contributed by atoms with Crippen molar-refractivity contribution in [3.8, 4) is 0 Å². The fourth-order valence-corrected chi connectivity index (χ4v) is 3.21. The number of nitrogens with two attached hydrogens (primary N) is 1. The molecule has 1 heterocycles. The molecule has 0 radical (unpaired) electrons. The number of hydrogen-bond acceptors (Lipinski definition) is 1. The first-order valence-electron chi connectivity index (χ1n) is 7.71. The lowest BCUT2D eigenvalue weighted by molar-refractivity contribution is 0.258. The van der Waals surface area contributed by atoms with E-state index in [2.05, 4.69) is 23.7 Å². The first kappa shape index (κ1) is 13.7. The molecule has 104 valence electrons. The number of hydrogen-bond donors (Lipinski definition) is 1. The average molecular weight is 251 g/mol. The molecule has 1 aliphatic carbocycles. The predicted molar refractivity (Wildman–Crippen MR) is 77.6 cm³/mol. The zero-order valence-corrected chi connectivity index (χ0v) is 12.1. The van der Waals surface area contributed by atoms with Crippen LogP contribution < -0.4 is 5.73 Å². The summed E-state index contributed by atoms with van der Waals surface area (Å²) in [5, 5.41) is 0. The van der Waals surface area contributed by atoms with E-state index in [-0.39, 0.29) is 0 Å². The number of piperidine rings is 1. The Bertz CT molecular complexity index is 279. The summed E-state index contributed by atoms with van der Waals surface area (Å²) in [4.78, 5) is 6.94. The molecule has 3 heteroatoms. The fraction of sp³-hybridized carbons (Fsp3) is 0.933. The van der Waals surface area contributed by atoms with Gasteiger partial charge in [-0.1, -0.05) is 33.1 Å². The molecule has 18 heavy (non-hydrogen) atoms. The molecule has 0 aromatic carbocycles. The number of guanidine groups is 1. The molecular weight excluding hydrogens is 222 g/mol. The van der Waals surface area contributed by atoms with Crippen LogP contribution in [-0.2, 0) is 0 Å². The first-order chi connectivity index (χ1) is 8.66. The van der Waals surface area contributed by atoms with Gasteiger partial charge in [0.1, 0.15) is 0 Å². The summed E-state index contributed by atoms with van der Waals surface area (Å²) in [7, 11) is 0. The van der Waals surface area contributed by atoms with E-state index in [1.165, 1.54) is 38.5 Å². The SMILES string of the molecule is CC1CCN(C(N)=NCC2CCCCC2C)CC1. The Morgan fingerprint density at radius 2 is 1.78 bits per heavy atom. The molecule has 1 saturated heterocycles. The first-order valence-corrected chi connectivity index (χ1v) is 7.71. The van der Waals surface area contributed by atoms with Crippen molar-refractivity contribution < 1.29 is 0 Å². The predicted octanol–water partition coefficient (Wildman–Crippen LogP) is 2.86. The van der Waals surface area contributed by atoms with Crippen LogP contribution in [0, 0.1) is 17.8 Å². The average Bonchev–Trinajstić information content (AvgIpc) is 2.38. The molecule has 2 rings (SSSR count). The highest BCUT2D eigenvalue weighted by atomic mass is 15.3. The summed E-state index contributed by atoms with van der Waals surface area (Å²) in [5.41, 5.74) is 6.13. The van der Waals surface area contributed by atoms with Gasteiger partial charge in [-0.3, -0.25) is 4.99 Å². The Balaban J connectivity index is 1.80.